The first-order valence-corrected chi connectivity index (χ1v) is 5.89. The van der Waals surface area contributed by atoms with Crippen LogP contribution in [0.1, 0.15) is 39.3 Å². The molecule has 0 bridgehead atoms. The number of aromatic nitrogens is 2. The topological polar surface area (TPSA) is 17.8 Å². The average Bonchev–Trinajstić information content (AvgIpc) is 2.79. The summed E-state index contributed by atoms with van der Waals surface area (Å²) in [6.07, 6.45) is 0.577. The van der Waals surface area contributed by atoms with Crippen LogP contribution in [0.15, 0.2) is 36.9 Å². The van der Waals surface area contributed by atoms with Gasteiger partial charge in [-0.3, -0.25) is 0 Å². The van der Waals surface area contributed by atoms with Crippen molar-refractivity contribution in [3.63, 3.8) is 0 Å². The van der Waals surface area contributed by atoms with Gasteiger partial charge in [-0.05, 0) is 29.2 Å². The highest BCUT2D eigenvalue weighted by Crippen LogP contribution is 2.35. The van der Waals surface area contributed by atoms with Crippen LogP contribution in [0.2, 0.25) is 0 Å². The molecule has 0 radical (unpaired) electrons. The molecule has 0 spiro atoms. The molecule has 20 heavy (non-hydrogen) atoms. The summed E-state index contributed by atoms with van der Waals surface area (Å²) in [7, 11) is 0. The first-order chi connectivity index (χ1) is 8.69. The minimum absolute atomic E-state index is 0. The molecule has 0 saturated heterocycles. The number of imidazole rings is 1. The van der Waals surface area contributed by atoms with Crippen molar-refractivity contribution in [1.29, 1.82) is 0 Å². The van der Waals surface area contributed by atoms with Crippen molar-refractivity contribution in [2.24, 2.45) is 0 Å². The number of nitrogens with zero attached hydrogens (tertiary/aromatic N) is 2. The van der Waals surface area contributed by atoms with Crippen molar-refractivity contribution in [1.82, 2.24) is 9.55 Å². The van der Waals surface area contributed by atoms with Crippen molar-refractivity contribution in [2.45, 2.75) is 39.8 Å². The minimum atomic E-state index is -4.33. The van der Waals surface area contributed by atoms with Gasteiger partial charge in [0.05, 0.1) is 17.6 Å². The second-order valence-electron chi connectivity index (χ2n) is 5.45. The normalized spacial score (nSPS) is 12.1. The van der Waals surface area contributed by atoms with E-state index in [1.807, 2.05) is 20.8 Å². The number of rotatable bonds is 1. The third-order valence-electron chi connectivity index (χ3n) is 2.91. The van der Waals surface area contributed by atoms with Crippen LogP contribution < -0.4 is 0 Å². The van der Waals surface area contributed by atoms with Crippen molar-refractivity contribution >= 4 is 0 Å². The lowest BCUT2D eigenvalue weighted by Gasteiger charge is -2.24. The maximum atomic E-state index is 12.8. The second kappa shape index (κ2) is 5.31. The van der Waals surface area contributed by atoms with Gasteiger partial charge in [-0.1, -0.05) is 28.2 Å². The van der Waals surface area contributed by atoms with Gasteiger partial charge in [0.15, 0.2) is 0 Å². The Morgan fingerprint density at radius 2 is 1.75 bits per heavy atom. The van der Waals surface area contributed by atoms with Gasteiger partial charge in [0.1, 0.15) is 0 Å². The summed E-state index contributed by atoms with van der Waals surface area (Å²) < 4.78 is 40.2. The molecule has 0 aliphatic rings. The Labute approximate surface area is 117 Å². The predicted octanol–water partition coefficient (Wildman–Crippen LogP) is 4.82. The summed E-state index contributed by atoms with van der Waals surface area (Å²) in [4.78, 5) is 3.93. The van der Waals surface area contributed by atoms with Gasteiger partial charge in [-0.15, -0.1) is 0 Å². The van der Waals surface area contributed by atoms with Crippen molar-refractivity contribution < 1.29 is 13.2 Å². The monoisotopic (exact) mass is 284 g/mol. The van der Waals surface area contributed by atoms with E-state index in [1.165, 1.54) is 12.1 Å². The third kappa shape index (κ3) is 3.21. The quantitative estimate of drug-likeness (QED) is 0.733. The molecule has 0 aliphatic heterocycles. The fourth-order valence-electron chi connectivity index (χ4n) is 1.94. The van der Waals surface area contributed by atoms with Gasteiger partial charge in [0.25, 0.3) is 0 Å². The average molecular weight is 284 g/mol. The maximum absolute atomic E-state index is 12.8. The van der Waals surface area contributed by atoms with Gasteiger partial charge in [0.2, 0.25) is 0 Å². The van der Waals surface area contributed by atoms with E-state index >= 15 is 0 Å². The molecule has 0 aliphatic carbocycles. The number of alkyl halides is 3. The van der Waals surface area contributed by atoms with Crippen LogP contribution in [0, 0.1) is 0 Å². The molecule has 0 atom stereocenters. The van der Waals surface area contributed by atoms with Crippen molar-refractivity contribution in [3.8, 4) is 5.69 Å². The van der Waals surface area contributed by atoms with Crippen LogP contribution in [-0.2, 0) is 11.6 Å². The van der Waals surface area contributed by atoms with Crippen LogP contribution in [0.3, 0.4) is 0 Å². The molecule has 0 saturated carbocycles. The predicted molar refractivity (Wildman–Crippen MR) is 74.0 cm³/mol. The molecule has 1 aromatic heterocycles. The Kier molecular flexibility index (Phi) is 4.32. The fourth-order valence-corrected chi connectivity index (χ4v) is 1.94. The van der Waals surface area contributed by atoms with Gasteiger partial charge in [-0.2, -0.15) is 13.2 Å². The summed E-state index contributed by atoms with van der Waals surface area (Å²) in [6.45, 7) is 5.68. The highest BCUT2D eigenvalue weighted by atomic mass is 19.4. The standard InChI is InChI=1S/C14H15F3N2.CH4/c1-13(2,3)11-8-10(14(15,16)17)4-5-12(11)19-7-6-18-9-19;/h4-9H,1-3H3;1H4. The van der Waals surface area contributed by atoms with Gasteiger partial charge in [-0.25, -0.2) is 4.98 Å². The Morgan fingerprint density at radius 1 is 1.10 bits per heavy atom. The molecular formula is C15H19F3N2. The Morgan fingerprint density at radius 3 is 2.20 bits per heavy atom. The molecule has 2 rings (SSSR count). The van der Waals surface area contributed by atoms with Crippen molar-refractivity contribution in [3.05, 3.63) is 48.0 Å². The number of hydrogen-bond donors (Lipinski definition) is 0. The summed E-state index contributed by atoms with van der Waals surface area (Å²) in [5, 5.41) is 0. The minimum Gasteiger partial charge on any atom is -0.306 e. The fraction of sp³-hybridized carbons (Fsp3) is 0.400. The zero-order valence-electron chi connectivity index (χ0n) is 11.0. The van der Waals surface area contributed by atoms with Crippen LogP contribution in [0.5, 0.6) is 0 Å². The lowest BCUT2D eigenvalue weighted by Crippen LogP contribution is -2.17. The summed E-state index contributed by atoms with van der Waals surface area (Å²) in [5.41, 5.74) is 0.348. The first kappa shape index (κ1) is 16.3. The lowest BCUT2D eigenvalue weighted by atomic mass is 9.84. The van der Waals surface area contributed by atoms with E-state index in [2.05, 4.69) is 4.98 Å². The zero-order chi connectivity index (χ0) is 14.3. The molecule has 1 heterocycles. The molecule has 0 unspecified atom stereocenters. The third-order valence-corrected chi connectivity index (χ3v) is 2.91. The Bertz CT molecular complexity index is 564. The van der Waals surface area contributed by atoms with Crippen LogP contribution in [0.25, 0.3) is 5.69 Å². The maximum Gasteiger partial charge on any atom is 0.416 e. The van der Waals surface area contributed by atoms with E-state index in [0.29, 0.717) is 5.56 Å². The molecule has 5 heteroatoms. The molecule has 1 aromatic carbocycles. The summed E-state index contributed by atoms with van der Waals surface area (Å²) in [6, 6.07) is 3.81. The van der Waals surface area contributed by atoms with Crippen LogP contribution in [-0.4, -0.2) is 9.55 Å². The summed E-state index contributed by atoms with van der Waals surface area (Å²) >= 11 is 0. The Hall–Kier alpha value is -1.78. The Balaban J connectivity index is 0.00000200. The van der Waals surface area contributed by atoms with E-state index in [-0.39, 0.29) is 12.8 Å². The lowest BCUT2D eigenvalue weighted by molar-refractivity contribution is -0.137. The highest BCUT2D eigenvalue weighted by molar-refractivity contribution is 5.47. The molecular weight excluding hydrogens is 265 g/mol. The zero-order valence-corrected chi connectivity index (χ0v) is 11.0. The van der Waals surface area contributed by atoms with E-state index < -0.39 is 11.7 Å². The second-order valence-corrected chi connectivity index (χ2v) is 5.45. The molecule has 2 nitrogen and oxygen atoms in total. The number of hydrogen-bond acceptors (Lipinski definition) is 1. The molecule has 0 N–H and O–H groups in total. The first-order valence-electron chi connectivity index (χ1n) is 5.89. The summed E-state index contributed by atoms with van der Waals surface area (Å²) in [5.74, 6) is 0. The van der Waals surface area contributed by atoms with E-state index in [9.17, 15) is 13.2 Å². The van der Waals surface area contributed by atoms with E-state index in [1.54, 1.807) is 23.3 Å². The largest absolute Gasteiger partial charge is 0.416 e. The van der Waals surface area contributed by atoms with E-state index in [0.717, 1.165) is 11.8 Å². The van der Waals surface area contributed by atoms with Gasteiger partial charge >= 0.3 is 6.18 Å². The molecule has 0 amide bonds. The molecule has 110 valence electrons. The molecule has 0 fully saturated rings. The SMILES string of the molecule is C.CC(C)(C)c1cc(C(F)(F)F)ccc1-n1ccnc1. The van der Waals surface area contributed by atoms with Crippen LogP contribution in [0.4, 0.5) is 13.2 Å². The van der Waals surface area contributed by atoms with Crippen LogP contribution >= 0.6 is 0 Å². The van der Waals surface area contributed by atoms with E-state index in [4.69, 9.17) is 0 Å². The smallest absolute Gasteiger partial charge is 0.306 e. The van der Waals surface area contributed by atoms with Gasteiger partial charge < -0.3 is 4.57 Å². The number of benzene rings is 1. The number of halogens is 3. The van der Waals surface area contributed by atoms with Gasteiger partial charge in [0, 0.05) is 12.4 Å². The molecule has 2 aromatic rings. The highest BCUT2D eigenvalue weighted by Gasteiger charge is 2.32. The van der Waals surface area contributed by atoms with Crippen molar-refractivity contribution in [2.75, 3.05) is 0 Å².